The van der Waals surface area contributed by atoms with E-state index in [9.17, 15) is 5.11 Å². The van der Waals surface area contributed by atoms with E-state index in [-0.39, 0.29) is 57.0 Å². The average Bonchev–Trinajstić information content (AvgIpc) is 3.11. The second kappa shape index (κ2) is 21.9. The third-order valence-corrected chi connectivity index (χ3v) is 11.3. The van der Waals surface area contributed by atoms with Crippen LogP contribution in [0.3, 0.4) is 0 Å². The molecule has 322 valence electrons. The van der Waals surface area contributed by atoms with E-state index in [1.165, 1.54) is 27.8 Å². The molecule has 0 amide bonds. The standard InChI is InChI=1S/C54H82O4.Na/c1-19-23-56-37(6)39(26-36(5)51(7,8)9)27-40-31-46(53(13,14)15)32-41(48(40)55)28-42-33-47(54(16,17)18)35-44(50(42)58-25-21-3)29-43-34-45(52(10,11)12)30-38(22-4)49(43)57-24-20-2;/h26,30-35,55H,19-25,27-29H2,1-18H3;/q;+1/p-1/b36-26+,39-37-;. The molecule has 4 nitrogen and oxygen atoms in total. The predicted molar refractivity (Wildman–Crippen MR) is 247 cm³/mol. The van der Waals surface area contributed by atoms with E-state index in [0.29, 0.717) is 39.1 Å². The van der Waals surface area contributed by atoms with Crippen molar-refractivity contribution in [2.45, 2.75) is 186 Å². The fraction of sp³-hybridized carbons (Fsp3) is 0.593. The van der Waals surface area contributed by atoms with E-state index < -0.39 is 0 Å². The molecule has 0 saturated heterocycles. The summed E-state index contributed by atoms with van der Waals surface area (Å²) in [4.78, 5) is 0. The zero-order chi connectivity index (χ0) is 43.8. The first kappa shape index (κ1) is 52.5. The number of aryl methyl sites for hydroxylation is 1. The summed E-state index contributed by atoms with van der Waals surface area (Å²) in [5.41, 5.74) is 12.0. The Hall–Kier alpha value is -2.66. The number of hydrogen-bond donors (Lipinski definition) is 0. The Labute approximate surface area is 384 Å². The minimum absolute atomic E-state index is 0. The maximum absolute atomic E-state index is 14.9. The van der Waals surface area contributed by atoms with Crippen molar-refractivity contribution in [2.24, 2.45) is 5.41 Å². The molecule has 3 aromatic rings. The molecule has 59 heavy (non-hydrogen) atoms. The molecule has 0 heterocycles. The number of benzene rings is 3. The molecule has 0 saturated carbocycles. The van der Waals surface area contributed by atoms with Crippen molar-refractivity contribution in [1.29, 1.82) is 0 Å². The van der Waals surface area contributed by atoms with Gasteiger partial charge in [0.1, 0.15) is 11.5 Å². The SMILES string of the molecule is CCCO/C(C)=C(/C=C(\C)C(C)(C)C)Cc1cc(C(C)(C)C)cc(Cc2cc(C(C)(C)C)cc(Cc3cc(C(C)(C)C)cc(CC)c3OCCC)c2OCCC)c1[O-].[Na+]. The molecule has 0 N–H and O–H groups in total. The van der Waals surface area contributed by atoms with Crippen LogP contribution >= 0.6 is 0 Å². The first-order valence-corrected chi connectivity index (χ1v) is 22.3. The van der Waals surface area contributed by atoms with Crippen LogP contribution in [0, 0.1) is 5.41 Å². The molecule has 5 heteroatoms. The Kier molecular flexibility index (Phi) is 19.5. The van der Waals surface area contributed by atoms with E-state index in [0.717, 1.165) is 76.3 Å². The number of rotatable bonds is 17. The maximum Gasteiger partial charge on any atom is 1.00 e. The third kappa shape index (κ3) is 14.7. The van der Waals surface area contributed by atoms with Gasteiger partial charge in [0.15, 0.2) is 0 Å². The molecule has 0 aromatic heterocycles. The van der Waals surface area contributed by atoms with Crippen molar-refractivity contribution >= 4 is 0 Å². The van der Waals surface area contributed by atoms with Gasteiger partial charge in [-0.1, -0.05) is 170 Å². The quantitative estimate of drug-likeness (QED) is 0.0774. The van der Waals surface area contributed by atoms with Gasteiger partial charge in [0.2, 0.25) is 0 Å². The van der Waals surface area contributed by atoms with Crippen molar-refractivity contribution in [2.75, 3.05) is 19.8 Å². The Morgan fingerprint density at radius 3 is 1.31 bits per heavy atom. The van der Waals surface area contributed by atoms with Crippen molar-refractivity contribution < 1.29 is 48.9 Å². The molecule has 3 rings (SSSR count). The van der Waals surface area contributed by atoms with Gasteiger partial charge in [-0.05, 0) is 106 Å². The summed E-state index contributed by atoms with van der Waals surface area (Å²) in [6.45, 7) is 41.9. The second-order valence-electron chi connectivity index (χ2n) is 20.7. The van der Waals surface area contributed by atoms with Gasteiger partial charge in [-0.2, -0.15) is 0 Å². The molecule has 0 unspecified atom stereocenters. The van der Waals surface area contributed by atoms with Crippen LogP contribution in [0.4, 0.5) is 0 Å². The fourth-order valence-electron chi connectivity index (χ4n) is 6.98. The summed E-state index contributed by atoms with van der Waals surface area (Å²) in [5.74, 6) is 2.88. The van der Waals surface area contributed by atoms with Crippen LogP contribution in [0.5, 0.6) is 17.2 Å². The average molecular weight is 817 g/mol. The zero-order valence-electron chi connectivity index (χ0n) is 41.2. The van der Waals surface area contributed by atoms with E-state index in [4.69, 9.17) is 14.2 Å². The summed E-state index contributed by atoms with van der Waals surface area (Å²) in [5, 5.41) is 14.9. The van der Waals surface area contributed by atoms with Gasteiger partial charge >= 0.3 is 29.6 Å². The molecule has 0 spiro atoms. The molecule has 0 aliphatic rings. The Morgan fingerprint density at radius 2 is 0.915 bits per heavy atom. The molecule has 0 atom stereocenters. The minimum Gasteiger partial charge on any atom is -0.872 e. The van der Waals surface area contributed by atoms with Gasteiger partial charge in [0.05, 0.1) is 25.6 Å². The molecule has 0 bridgehead atoms. The van der Waals surface area contributed by atoms with Crippen LogP contribution in [-0.2, 0) is 46.7 Å². The molecule has 0 aliphatic heterocycles. The van der Waals surface area contributed by atoms with Crippen LogP contribution in [0.2, 0.25) is 0 Å². The first-order chi connectivity index (χ1) is 26.8. The van der Waals surface area contributed by atoms with Gasteiger partial charge in [0.25, 0.3) is 0 Å². The van der Waals surface area contributed by atoms with Crippen molar-refractivity contribution in [3.63, 3.8) is 0 Å². The Morgan fingerprint density at radius 1 is 0.542 bits per heavy atom. The van der Waals surface area contributed by atoms with Gasteiger partial charge in [-0.3, -0.25) is 0 Å². The molecular formula is C54H81NaO4. The smallest absolute Gasteiger partial charge is 0.872 e. The van der Waals surface area contributed by atoms with Crippen molar-refractivity contribution in [1.82, 2.24) is 0 Å². The van der Waals surface area contributed by atoms with Crippen LogP contribution in [0.25, 0.3) is 0 Å². The fourth-order valence-corrected chi connectivity index (χ4v) is 6.98. The predicted octanol–water partition coefficient (Wildman–Crippen LogP) is 11.2. The Balaban J connectivity index is 0.0000120. The summed E-state index contributed by atoms with van der Waals surface area (Å²) < 4.78 is 19.6. The molecule has 0 aliphatic carbocycles. The monoisotopic (exact) mass is 817 g/mol. The van der Waals surface area contributed by atoms with Gasteiger partial charge in [-0.15, -0.1) is 5.75 Å². The molecular weight excluding hydrogens is 736 g/mol. The van der Waals surface area contributed by atoms with Crippen molar-refractivity contribution in [3.8, 4) is 17.2 Å². The minimum atomic E-state index is -0.157. The summed E-state index contributed by atoms with van der Waals surface area (Å²) in [7, 11) is 0. The largest absolute Gasteiger partial charge is 1.00 e. The van der Waals surface area contributed by atoms with E-state index in [2.05, 4.69) is 160 Å². The van der Waals surface area contributed by atoms with Crippen LogP contribution in [0.1, 0.15) is 194 Å². The maximum atomic E-state index is 14.9. The third-order valence-electron chi connectivity index (χ3n) is 11.3. The van der Waals surface area contributed by atoms with Gasteiger partial charge in [-0.25, -0.2) is 0 Å². The van der Waals surface area contributed by atoms with E-state index >= 15 is 0 Å². The number of allylic oxidation sites excluding steroid dienone is 4. The summed E-state index contributed by atoms with van der Waals surface area (Å²) >= 11 is 0. The van der Waals surface area contributed by atoms with E-state index in [1.54, 1.807) is 0 Å². The zero-order valence-corrected chi connectivity index (χ0v) is 43.2. The Bertz CT molecular complexity index is 1900. The molecule has 0 fully saturated rings. The van der Waals surface area contributed by atoms with Gasteiger partial charge < -0.3 is 19.3 Å². The van der Waals surface area contributed by atoms with E-state index in [1.807, 2.05) is 6.92 Å². The topological polar surface area (TPSA) is 50.8 Å². The number of hydrogen-bond acceptors (Lipinski definition) is 4. The van der Waals surface area contributed by atoms with Crippen LogP contribution < -0.4 is 44.1 Å². The van der Waals surface area contributed by atoms with Crippen molar-refractivity contribution in [3.05, 3.63) is 109 Å². The van der Waals surface area contributed by atoms with Gasteiger partial charge in [0, 0.05) is 19.3 Å². The molecule has 0 radical (unpaired) electrons. The van der Waals surface area contributed by atoms with Crippen LogP contribution in [-0.4, -0.2) is 19.8 Å². The second-order valence-corrected chi connectivity index (χ2v) is 20.7. The van der Waals surface area contributed by atoms with Crippen LogP contribution in [0.15, 0.2) is 59.4 Å². The first-order valence-electron chi connectivity index (χ1n) is 22.3. The molecule has 3 aromatic carbocycles. The normalized spacial score (nSPS) is 13.2. The summed E-state index contributed by atoms with van der Waals surface area (Å²) in [6.07, 6.45) is 7.57. The summed E-state index contributed by atoms with van der Waals surface area (Å²) in [6, 6.07) is 13.7. The number of ether oxygens (including phenoxy) is 3.